The number of nitrogens with zero attached hydrogens (tertiary/aromatic N) is 1. The van der Waals surface area contributed by atoms with Crippen molar-refractivity contribution in [2.75, 3.05) is 10.6 Å². The van der Waals surface area contributed by atoms with Crippen LogP contribution in [0.4, 0.5) is 21.6 Å². The second kappa shape index (κ2) is 8.87. The summed E-state index contributed by atoms with van der Waals surface area (Å²) in [6.07, 6.45) is 1.51. The van der Waals surface area contributed by atoms with Gasteiger partial charge >= 0.3 is 0 Å². The van der Waals surface area contributed by atoms with Gasteiger partial charge in [0.15, 0.2) is 0 Å². The van der Waals surface area contributed by atoms with Gasteiger partial charge in [0.25, 0.3) is 5.91 Å². The van der Waals surface area contributed by atoms with Crippen molar-refractivity contribution >= 4 is 23.1 Å². The standard InChI is InChI=1S/C24H18FN3O2/c25-22-9-5-4-8-21(22)24(29)28-18-12-15-23(26-16-18)27-17-10-13-20(14-11-17)30-19-6-2-1-3-7-19/h1-16H,(H,26,27)(H,28,29). The van der Waals surface area contributed by atoms with Gasteiger partial charge in [0.2, 0.25) is 0 Å². The fourth-order valence-corrected chi connectivity index (χ4v) is 2.76. The second-order valence-corrected chi connectivity index (χ2v) is 6.43. The van der Waals surface area contributed by atoms with E-state index in [1.807, 2.05) is 54.6 Å². The SMILES string of the molecule is O=C(Nc1ccc(Nc2ccc(Oc3ccccc3)cc2)nc1)c1ccccc1F. The van der Waals surface area contributed by atoms with Gasteiger partial charge in [0.1, 0.15) is 23.1 Å². The number of halogens is 1. The maximum absolute atomic E-state index is 13.7. The van der Waals surface area contributed by atoms with E-state index in [4.69, 9.17) is 4.74 Å². The normalized spacial score (nSPS) is 10.3. The number of rotatable bonds is 6. The number of hydrogen-bond donors (Lipinski definition) is 2. The minimum atomic E-state index is -0.569. The number of ether oxygens (including phenoxy) is 1. The Hall–Kier alpha value is -4.19. The average molecular weight is 399 g/mol. The number of para-hydroxylation sites is 1. The van der Waals surface area contributed by atoms with Crippen molar-refractivity contribution < 1.29 is 13.9 Å². The number of nitrogens with one attached hydrogen (secondary N) is 2. The third-order valence-corrected chi connectivity index (χ3v) is 4.25. The molecule has 0 spiro atoms. The highest BCUT2D eigenvalue weighted by Crippen LogP contribution is 2.24. The summed E-state index contributed by atoms with van der Waals surface area (Å²) in [6.45, 7) is 0. The van der Waals surface area contributed by atoms with Crippen LogP contribution in [0.25, 0.3) is 0 Å². The van der Waals surface area contributed by atoms with Crippen molar-refractivity contribution in [3.8, 4) is 11.5 Å². The van der Waals surface area contributed by atoms with Crippen LogP contribution in [0, 0.1) is 5.82 Å². The van der Waals surface area contributed by atoms with Crippen LogP contribution in [0.15, 0.2) is 97.2 Å². The number of hydrogen-bond acceptors (Lipinski definition) is 4. The van der Waals surface area contributed by atoms with E-state index >= 15 is 0 Å². The second-order valence-electron chi connectivity index (χ2n) is 6.43. The monoisotopic (exact) mass is 399 g/mol. The fourth-order valence-electron chi connectivity index (χ4n) is 2.76. The number of carbonyl (C=O) groups excluding carboxylic acids is 1. The number of benzene rings is 3. The molecule has 30 heavy (non-hydrogen) atoms. The Bertz CT molecular complexity index is 1130. The quantitative estimate of drug-likeness (QED) is 0.417. The lowest BCUT2D eigenvalue weighted by molar-refractivity contribution is 0.102. The molecule has 6 heteroatoms. The number of aromatic nitrogens is 1. The molecule has 0 saturated heterocycles. The zero-order valence-corrected chi connectivity index (χ0v) is 15.9. The molecule has 2 N–H and O–H groups in total. The first kappa shape index (κ1) is 19.1. The van der Waals surface area contributed by atoms with Gasteiger partial charge in [0, 0.05) is 5.69 Å². The minimum absolute atomic E-state index is 0.0162. The van der Waals surface area contributed by atoms with Gasteiger partial charge < -0.3 is 15.4 Å². The van der Waals surface area contributed by atoms with Gasteiger partial charge in [0.05, 0.1) is 17.4 Å². The molecule has 5 nitrogen and oxygen atoms in total. The highest BCUT2D eigenvalue weighted by Gasteiger charge is 2.11. The molecule has 0 bridgehead atoms. The largest absolute Gasteiger partial charge is 0.457 e. The molecule has 0 aliphatic rings. The zero-order chi connectivity index (χ0) is 20.8. The van der Waals surface area contributed by atoms with Crippen molar-refractivity contribution in [3.63, 3.8) is 0 Å². The number of anilines is 3. The van der Waals surface area contributed by atoms with Gasteiger partial charge in [-0.15, -0.1) is 0 Å². The van der Waals surface area contributed by atoms with Gasteiger partial charge in [-0.2, -0.15) is 0 Å². The van der Waals surface area contributed by atoms with E-state index in [1.54, 1.807) is 18.2 Å². The van der Waals surface area contributed by atoms with Crippen molar-refractivity contribution in [1.82, 2.24) is 4.98 Å². The molecule has 0 aliphatic heterocycles. The smallest absolute Gasteiger partial charge is 0.258 e. The summed E-state index contributed by atoms with van der Waals surface area (Å²) in [5.74, 6) is 1.01. The molecule has 1 amide bonds. The van der Waals surface area contributed by atoms with Crippen LogP contribution < -0.4 is 15.4 Å². The molecule has 3 aromatic carbocycles. The minimum Gasteiger partial charge on any atom is -0.457 e. The molecule has 0 saturated carbocycles. The predicted molar refractivity (Wildman–Crippen MR) is 115 cm³/mol. The Morgan fingerprint density at radius 3 is 2.13 bits per heavy atom. The van der Waals surface area contributed by atoms with Crippen molar-refractivity contribution in [3.05, 3.63) is 109 Å². The molecule has 0 unspecified atom stereocenters. The molecule has 0 aliphatic carbocycles. The van der Waals surface area contributed by atoms with E-state index in [0.717, 1.165) is 17.2 Å². The summed E-state index contributed by atoms with van der Waals surface area (Å²) in [5, 5.41) is 5.81. The Morgan fingerprint density at radius 2 is 1.43 bits per heavy atom. The molecular formula is C24H18FN3O2. The Labute approximate surface area is 173 Å². The maximum Gasteiger partial charge on any atom is 0.258 e. The lowest BCUT2D eigenvalue weighted by Gasteiger charge is -2.09. The number of amides is 1. The number of pyridine rings is 1. The average Bonchev–Trinajstić information content (AvgIpc) is 2.77. The Balaban J connectivity index is 1.36. The highest BCUT2D eigenvalue weighted by atomic mass is 19.1. The fraction of sp³-hybridized carbons (Fsp3) is 0. The molecule has 4 aromatic rings. The Morgan fingerprint density at radius 1 is 0.767 bits per heavy atom. The van der Waals surface area contributed by atoms with E-state index in [1.165, 1.54) is 24.4 Å². The highest BCUT2D eigenvalue weighted by molar-refractivity contribution is 6.04. The third kappa shape index (κ3) is 4.80. The van der Waals surface area contributed by atoms with Crippen LogP contribution in [-0.2, 0) is 0 Å². The van der Waals surface area contributed by atoms with Crippen molar-refractivity contribution in [2.45, 2.75) is 0 Å². The number of carbonyl (C=O) groups is 1. The maximum atomic E-state index is 13.7. The molecule has 0 fully saturated rings. The van der Waals surface area contributed by atoms with Crippen LogP contribution >= 0.6 is 0 Å². The van der Waals surface area contributed by atoms with E-state index in [-0.39, 0.29) is 5.56 Å². The van der Waals surface area contributed by atoms with E-state index in [0.29, 0.717) is 11.5 Å². The van der Waals surface area contributed by atoms with Crippen LogP contribution in [0.3, 0.4) is 0 Å². The van der Waals surface area contributed by atoms with E-state index in [9.17, 15) is 9.18 Å². The van der Waals surface area contributed by atoms with E-state index < -0.39 is 11.7 Å². The van der Waals surface area contributed by atoms with Crippen LogP contribution in [0.1, 0.15) is 10.4 Å². The zero-order valence-electron chi connectivity index (χ0n) is 15.9. The summed E-state index contributed by atoms with van der Waals surface area (Å²) in [4.78, 5) is 16.4. The molecule has 4 rings (SSSR count). The molecule has 0 radical (unpaired) electrons. The summed E-state index contributed by atoms with van der Waals surface area (Å²) in [7, 11) is 0. The molecular weight excluding hydrogens is 381 g/mol. The van der Waals surface area contributed by atoms with Gasteiger partial charge in [-0.1, -0.05) is 30.3 Å². The lowest BCUT2D eigenvalue weighted by atomic mass is 10.2. The van der Waals surface area contributed by atoms with Crippen LogP contribution in [-0.4, -0.2) is 10.9 Å². The summed E-state index contributed by atoms with van der Waals surface area (Å²) in [6, 6.07) is 26.3. The third-order valence-electron chi connectivity index (χ3n) is 4.25. The van der Waals surface area contributed by atoms with Crippen molar-refractivity contribution in [2.24, 2.45) is 0 Å². The topological polar surface area (TPSA) is 63.2 Å². The lowest BCUT2D eigenvalue weighted by Crippen LogP contribution is -2.13. The van der Waals surface area contributed by atoms with Crippen LogP contribution in [0.2, 0.25) is 0 Å². The van der Waals surface area contributed by atoms with Gasteiger partial charge in [-0.05, 0) is 60.7 Å². The Kier molecular flexibility index (Phi) is 5.66. The van der Waals surface area contributed by atoms with Gasteiger partial charge in [-0.25, -0.2) is 9.37 Å². The van der Waals surface area contributed by atoms with Crippen LogP contribution in [0.5, 0.6) is 11.5 Å². The summed E-state index contributed by atoms with van der Waals surface area (Å²) < 4.78 is 19.5. The molecule has 1 heterocycles. The first-order valence-electron chi connectivity index (χ1n) is 9.29. The molecule has 148 valence electrons. The van der Waals surface area contributed by atoms with E-state index in [2.05, 4.69) is 15.6 Å². The summed E-state index contributed by atoms with van der Waals surface area (Å²) in [5.41, 5.74) is 1.30. The first-order chi connectivity index (χ1) is 14.7. The first-order valence-corrected chi connectivity index (χ1v) is 9.29. The van der Waals surface area contributed by atoms with Crippen molar-refractivity contribution in [1.29, 1.82) is 0 Å². The predicted octanol–water partition coefficient (Wildman–Crippen LogP) is 6.01. The summed E-state index contributed by atoms with van der Waals surface area (Å²) >= 11 is 0. The molecule has 0 atom stereocenters. The molecule has 1 aromatic heterocycles. The van der Waals surface area contributed by atoms with Gasteiger partial charge in [-0.3, -0.25) is 4.79 Å².